The predicted molar refractivity (Wildman–Crippen MR) is 74.9 cm³/mol. The quantitative estimate of drug-likeness (QED) is 0.789. The van der Waals surface area contributed by atoms with Crippen LogP contribution >= 0.6 is 27.3 Å². The summed E-state index contributed by atoms with van der Waals surface area (Å²) in [6.45, 7) is 5.52. The molecule has 2 heterocycles. The molecule has 2 aromatic rings. The molecule has 0 aromatic carbocycles. The number of nitrogens with zero attached hydrogens (tertiary/aromatic N) is 2. The van der Waals surface area contributed by atoms with E-state index >= 15 is 0 Å². The summed E-state index contributed by atoms with van der Waals surface area (Å²) in [7, 11) is 0. The number of thiazole rings is 1. The van der Waals surface area contributed by atoms with Crippen molar-refractivity contribution in [3.63, 3.8) is 0 Å². The van der Waals surface area contributed by atoms with E-state index in [2.05, 4.69) is 20.9 Å². The third-order valence-electron chi connectivity index (χ3n) is 2.03. The Morgan fingerprint density at radius 1 is 1.50 bits per heavy atom. The van der Waals surface area contributed by atoms with Gasteiger partial charge in [0, 0.05) is 11.6 Å². The second kappa shape index (κ2) is 4.85. The molecule has 0 atom stereocenters. The van der Waals surface area contributed by atoms with E-state index in [4.69, 9.17) is 4.74 Å². The molecule has 0 saturated carbocycles. The lowest BCUT2D eigenvalue weighted by atomic mass is 10.2. The van der Waals surface area contributed by atoms with Gasteiger partial charge in [0.1, 0.15) is 15.2 Å². The number of carbonyl (C=O) groups excluding carboxylic acids is 1. The lowest BCUT2D eigenvalue weighted by molar-refractivity contribution is 0.0540. The van der Waals surface area contributed by atoms with Gasteiger partial charge in [0.15, 0.2) is 0 Å². The van der Waals surface area contributed by atoms with E-state index < -0.39 is 11.7 Å². The Labute approximate surface area is 118 Å². The minimum Gasteiger partial charge on any atom is -0.443 e. The van der Waals surface area contributed by atoms with Crippen LogP contribution in [0, 0.1) is 0 Å². The minimum absolute atomic E-state index is 0.395. The van der Waals surface area contributed by atoms with Gasteiger partial charge >= 0.3 is 6.09 Å². The van der Waals surface area contributed by atoms with Gasteiger partial charge in [0.25, 0.3) is 0 Å². The molecule has 0 unspecified atom stereocenters. The maximum atomic E-state index is 12.0. The number of aromatic nitrogens is 2. The summed E-state index contributed by atoms with van der Waals surface area (Å²) in [4.78, 5) is 16.3. The Bertz CT molecular complexity index is 569. The topological polar surface area (TPSA) is 44.1 Å². The molecule has 6 heteroatoms. The molecule has 2 rings (SSSR count). The predicted octanol–water partition coefficient (Wildman–Crippen LogP) is 4.16. The van der Waals surface area contributed by atoms with Crippen LogP contribution in [0.1, 0.15) is 20.8 Å². The molecular weight excluding hydrogens is 316 g/mol. The van der Waals surface area contributed by atoms with Crippen molar-refractivity contribution < 1.29 is 9.53 Å². The Morgan fingerprint density at radius 3 is 2.78 bits per heavy atom. The van der Waals surface area contributed by atoms with Crippen LogP contribution < -0.4 is 0 Å². The molecule has 0 fully saturated rings. The second-order valence-electron chi connectivity index (χ2n) is 4.72. The number of hydrogen-bond acceptors (Lipinski definition) is 4. The van der Waals surface area contributed by atoms with Gasteiger partial charge in [-0.25, -0.2) is 9.78 Å². The molecular formula is C12H13BrN2O2S. The lowest BCUT2D eigenvalue weighted by Crippen LogP contribution is -2.27. The molecule has 2 aromatic heterocycles. The van der Waals surface area contributed by atoms with Crippen molar-refractivity contribution >= 4 is 33.4 Å². The first kappa shape index (κ1) is 13.3. The average Bonchev–Trinajstić information content (AvgIpc) is 2.81. The molecule has 0 saturated heterocycles. The lowest BCUT2D eigenvalue weighted by Gasteiger charge is -2.20. The molecule has 96 valence electrons. The van der Waals surface area contributed by atoms with E-state index in [1.54, 1.807) is 12.3 Å². The first-order valence-electron chi connectivity index (χ1n) is 5.39. The van der Waals surface area contributed by atoms with Gasteiger partial charge in [-0.3, -0.25) is 4.57 Å². The number of rotatable bonds is 1. The van der Waals surface area contributed by atoms with Gasteiger partial charge in [0.2, 0.25) is 0 Å². The smallest absolute Gasteiger partial charge is 0.419 e. The van der Waals surface area contributed by atoms with E-state index in [0.717, 1.165) is 15.3 Å². The van der Waals surface area contributed by atoms with Crippen LogP contribution in [0.4, 0.5) is 4.79 Å². The maximum Gasteiger partial charge on any atom is 0.419 e. The zero-order chi connectivity index (χ0) is 13.3. The highest BCUT2D eigenvalue weighted by Crippen LogP contribution is 2.27. The molecule has 0 bridgehead atoms. The van der Waals surface area contributed by atoms with E-state index in [0.29, 0.717) is 0 Å². The normalized spacial score (nSPS) is 11.6. The fourth-order valence-electron chi connectivity index (χ4n) is 1.40. The summed E-state index contributed by atoms with van der Waals surface area (Å²) in [5, 5.41) is 2.65. The van der Waals surface area contributed by atoms with Crippen molar-refractivity contribution in [1.29, 1.82) is 0 Å². The van der Waals surface area contributed by atoms with Crippen LogP contribution in [0.25, 0.3) is 10.7 Å². The first-order valence-corrected chi connectivity index (χ1v) is 7.06. The number of hydrogen-bond donors (Lipinski definition) is 0. The highest BCUT2D eigenvalue weighted by Gasteiger charge is 2.20. The molecule has 18 heavy (non-hydrogen) atoms. The highest BCUT2D eigenvalue weighted by atomic mass is 79.9. The number of ether oxygens (including phenoxy) is 1. The molecule has 0 aliphatic carbocycles. The van der Waals surface area contributed by atoms with Gasteiger partial charge < -0.3 is 4.74 Å². The summed E-state index contributed by atoms with van der Waals surface area (Å²) in [5.41, 5.74) is 0.224. The fraction of sp³-hybridized carbons (Fsp3) is 0.333. The van der Waals surface area contributed by atoms with Crippen LogP contribution in [0.5, 0.6) is 0 Å². The molecule has 0 aliphatic heterocycles. The Kier molecular flexibility index (Phi) is 3.59. The van der Waals surface area contributed by atoms with E-state index in [9.17, 15) is 4.79 Å². The molecule has 0 amide bonds. The Hall–Kier alpha value is -1.14. The summed E-state index contributed by atoms with van der Waals surface area (Å²) in [5.74, 6) is 0. The van der Waals surface area contributed by atoms with Crippen molar-refractivity contribution in [3.05, 3.63) is 28.3 Å². The fourth-order valence-corrected chi connectivity index (χ4v) is 2.67. The van der Waals surface area contributed by atoms with E-state index in [-0.39, 0.29) is 0 Å². The van der Waals surface area contributed by atoms with Gasteiger partial charge in [-0.1, -0.05) is 0 Å². The van der Waals surface area contributed by atoms with Crippen LogP contribution in [0.15, 0.2) is 28.3 Å². The van der Waals surface area contributed by atoms with Gasteiger partial charge in [0.05, 0.1) is 5.69 Å². The molecule has 4 nitrogen and oxygen atoms in total. The summed E-state index contributed by atoms with van der Waals surface area (Å²) < 4.78 is 7.57. The summed E-state index contributed by atoms with van der Waals surface area (Å²) in [6, 6.07) is 3.64. The van der Waals surface area contributed by atoms with Crippen molar-refractivity contribution in [3.8, 4) is 10.7 Å². The Balaban J connectivity index is 2.31. The third-order valence-corrected chi connectivity index (χ3v) is 3.61. The number of halogens is 1. The minimum atomic E-state index is -0.512. The van der Waals surface area contributed by atoms with Crippen molar-refractivity contribution in [2.75, 3.05) is 0 Å². The van der Waals surface area contributed by atoms with E-state index in [1.165, 1.54) is 15.9 Å². The SMILES string of the molecule is CC(C)(C)OC(=O)n1cccc1-c1nc(Br)cs1. The van der Waals surface area contributed by atoms with Crippen molar-refractivity contribution in [2.45, 2.75) is 26.4 Å². The molecule has 0 aliphatic rings. The monoisotopic (exact) mass is 328 g/mol. The summed E-state index contributed by atoms with van der Waals surface area (Å²) in [6.07, 6.45) is 1.28. The van der Waals surface area contributed by atoms with Crippen LogP contribution in [-0.2, 0) is 4.74 Å². The number of carbonyl (C=O) groups is 1. The van der Waals surface area contributed by atoms with Crippen LogP contribution in [0.2, 0.25) is 0 Å². The maximum absolute atomic E-state index is 12.0. The Morgan fingerprint density at radius 2 is 2.22 bits per heavy atom. The van der Waals surface area contributed by atoms with Gasteiger partial charge in [-0.2, -0.15) is 0 Å². The third kappa shape index (κ3) is 3.00. The standard InChI is InChI=1S/C12H13BrN2O2S/c1-12(2,3)17-11(16)15-6-4-5-8(15)10-14-9(13)7-18-10/h4-7H,1-3H3. The summed E-state index contributed by atoms with van der Waals surface area (Å²) >= 11 is 4.77. The molecule has 0 radical (unpaired) electrons. The van der Waals surface area contributed by atoms with Gasteiger partial charge in [-0.15, -0.1) is 11.3 Å². The van der Waals surface area contributed by atoms with Crippen LogP contribution in [-0.4, -0.2) is 21.2 Å². The average molecular weight is 329 g/mol. The van der Waals surface area contributed by atoms with E-state index in [1.807, 2.05) is 32.2 Å². The second-order valence-corrected chi connectivity index (χ2v) is 6.39. The van der Waals surface area contributed by atoms with Crippen molar-refractivity contribution in [2.24, 2.45) is 0 Å². The highest BCUT2D eigenvalue weighted by molar-refractivity contribution is 9.10. The van der Waals surface area contributed by atoms with Gasteiger partial charge in [-0.05, 0) is 48.8 Å². The molecule has 0 spiro atoms. The van der Waals surface area contributed by atoms with Crippen LogP contribution in [0.3, 0.4) is 0 Å². The molecule has 0 N–H and O–H groups in total. The zero-order valence-electron chi connectivity index (χ0n) is 10.3. The largest absolute Gasteiger partial charge is 0.443 e. The van der Waals surface area contributed by atoms with Crippen molar-refractivity contribution in [1.82, 2.24) is 9.55 Å². The first-order chi connectivity index (χ1) is 8.37. The zero-order valence-corrected chi connectivity index (χ0v) is 12.7.